The van der Waals surface area contributed by atoms with Crippen LogP contribution in [0.15, 0.2) is 34.6 Å². The van der Waals surface area contributed by atoms with Gasteiger partial charge in [0.05, 0.1) is 6.21 Å². The van der Waals surface area contributed by atoms with Gasteiger partial charge in [0.25, 0.3) is 6.17 Å². The maximum atomic E-state index is 4.54. The topological polar surface area (TPSA) is 15.4 Å². The fraction of sp³-hybridized carbons (Fsp3) is 0.200. The third-order valence-electron chi connectivity index (χ3n) is 3.19. The normalized spacial score (nSPS) is 17.2. The van der Waals surface area contributed by atoms with Gasteiger partial charge in [0.15, 0.2) is 6.21 Å². The van der Waals surface area contributed by atoms with Crippen molar-refractivity contribution in [3.8, 4) is 0 Å². The van der Waals surface area contributed by atoms with Crippen LogP contribution < -0.4 is 0 Å². The van der Waals surface area contributed by atoms with Gasteiger partial charge < -0.3 is 11.3 Å². The third-order valence-corrected chi connectivity index (χ3v) is 3.81. The third kappa shape index (κ3) is 2.62. The van der Waals surface area contributed by atoms with E-state index in [1.165, 1.54) is 16.8 Å². The van der Waals surface area contributed by atoms with Crippen molar-refractivity contribution in [3.63, 3.8) is 0 Å². The predicted molar refractivity (Wildman–Crippen MR) is 76.3 cm³/mol. The first-order valence-electron chi connectivity index (χ1n) is 5.93. The number of rotatable bonds is 2. The monoisotopic (exact) mass is 447 g/mol. The zero-order chi connectivity index (χ0) is 12.5. The molecule has 0 amide bonds. The number of aliphatic imine (C=N–C) groups is 1. The molecule has 19 heavy (non-hydrogen) atoms. The van der Waals surface area contributed by atoms with Crippen LogP contribution in [0.4, 0.5) is 5.69 Å². The molecule has 3 rings (SSSR count). The van der Waals surface area contributed by atoms with E-state index in [0.29, 0.717) is 0 Å². The molecule has 2 nitrogen and oxygen atoms in total. The van der Waals surface area contributed by atoms with Crippen molar-refractivity contribution in [3.05, 3.63) is 51.7 Å². The molecule has 0 saturated carbocycles. The van der Waals surface area contributed by atoms with Gasteiger partial charge in [-0.25, -0.2) is 4.99 Å². The summed E-state index contributed by atoms with van der Waals surface area (Å²) in [6, 6.07) is 8.47. The van der Waals surface area contributed by atoms with Crippen LogP contribution in [-0.4, -0.2) is 17.0 Å². The van der Waals surface area contributed by atoms with Gasteiger partial charge in [0, 0.05) is 31.2 Å². The summed E-state index contributed by atoms with van der Waals surface area (Å²) in [5, 5.41) is 5.33. The van der Waals surface area contributed by atoms with Gasteiger partial charge in [-0.05, 0) is 13.8 Å². The smallest absolute Gasteiger partial charge is 0.255 e. The molecule has 1 aliphatic rings. The van der Waals surface area contributed by atoms with Crippen molar-refractivity contribution in [1.29, 1.82) is 0 Å². The summed E-state index contributed by atoms with van der Waals surface area (Å²) in [6.07, 6.45) is 3.96. The molecule has 2 aromatic rings. The zero-order valence-corrected chi connectivity index (χ0v) is 14.0. The maximum absolute atomic E-state index is 4.54. The van der Waals surface area contributed by atoms with Crippen LogP contribution in [0.1, 0.15) is 22.9 Å². The van der Waals surface area contributed by atoms with Crippen LogP contribution in [0.2, 0.25) is 0 Å². The Balaban J connectivity index is 0.00000133. The number of thiophene rings is 1. The molecule has 99 valence electrons. The Labute approximate surface area is 130 Å². The molecule has 0 aliphatic carbocycles. The number of benzene rings is 1. The van der Waals surface area contributed by atoms with Gasteiger partial charge in [0.2, 0.25) is 5.69 Å². The van der Waals surface area contributed by atoms with E-state index in [4.69, 9.17) is 0 Å². The zero-order valence-electron chi connectivity index (χ0n) is 10.8. The second-order valence-electron chi connectivity index (χ2n) is 4.45. The Kier molecular flexibility index (Phi) is 4.46. The standard InChI is InChI=1S/C15H14N2S.Ir/c1-11-4-3-5-12(2)14(11)17-8-7-16-15(17)13-6-9-18-10-13;/h3-9,15H,1-2H3;. The summed E-state index contributed by atoms with van der Waals surface area (Å²) in [5.41, 5.74) is 4.93. The van der Waals surface area contributed by atoms with E-state index in [1.807, 2.05) is 17.8 Å². The molecule has 0 fully saturated rings. The molecule has 0 saturated heterocycles. The number of aryl methyl sites for hydroxylation is 2. The summed E-state index contributed by atoms with van der Waals surface area (Å²) < 4.78 is 2.23. The Bertz CT molecular complexity index is 609. The molecule has 1 aromatic carbocycles. The SMILES string of the molecule is Cc1cccc(C)c1[N+]1=CC=NC1c1[c-]scc1.[Ir]. The van der Waals surface area contributed by atoms with E-state index in [2.05, 4.69) is 53.1 Å². The first kappa shape index (κ1) is 14.3. The van der Waals surface area contributed by atoms with Gasteiger partial charge in [-0.2, -0.15) is 16.0 Å². The average molecular weight is 447 g/mol. The van der Waals surface area contributed by atoms with Gasteiger partial charge >= 0.3 is 0 Å². The van der Waals surface area contributed by atoms with Crippen molar-refractivity contribution in [2.24, 2.45) is 4.99 Å². The maximum Gasteiger partial charge on any atom is 0.255 e. The van der Waals surface area contributed by atoms with Crippen LogP contribution in [-0.2, 0) is 20.1 Å². The average Bonchev–Trinajstić information content (AvgIpc) is 2.98. The minimum absolute atomic E-state index is 0. The molecule has 0 N–H and O–H groups in total. The van der Waals surface area contributed by atoms with Crippen molar-refractivity contribution >= 4 is 29.5 Å². The largest absolute Gasteiger partial charge is 0.303 e. The summed E-state index contributed by atoms with van der Waals surface area (Å²) in [5.74, 6) is 0. The first-order valence-corrected chi connectivity index (χ1v) is 6.81. The second-order valence-corrected chi connectivity index (χ2v) is 5.16. The van der Waals surface area contributed by atoms with Crippen LogP contribution in [0.5, 0.6) is 0 Å². The fourth-order valence-electron chi connectivity index (χ4n) is 2.37. The van der Waals surface area contributed by atoms with Crippen LogP contribution in [0.25, 0.3) is 0 Å². The molecule has 2 heterocycles. The summed E-state index contributed by atoms with van der Waals surface area (Å²) in [4.78, 5) is 4.54. The number of hydrogen-bond donors (Lipinski definition) is 0. The molecule has 0 spiro atoms. The van der Waals surface area contributed by atoms with Gasteiger partial charge in [-0.1, -0.05) is 23.8 Å². The molecule has 1 atom stereocenters. The quantitative estimate of drug-likeness (QED) is 0.494. The Morgan fingerprint density at radius 1 is 1.21 bits per heavy atom. The fourth-order valence-corrected chi connectivity index (χ4v) is 2.96. The summed E-state index contributed by atoms with van der Waals surface area (Å²) in [6.45, 7) is 4.28. The summed E-state index contributed by atoms with van der Waals surface area (Å²) in [7, 11) is 0. The van der Waals surface area contributed by atoms with Crippen molar-refractivity contribution in [2.75, 3.05) is 0 Å². The minimum atomic E-state index is 0. The Hall–Kier alpha value is -1.09. The van der Waals surface area contributed by atoms with E-state index in [0.717, 1.165) is 5.56 Å². The molecule has 1 aliphatic heterocycles. The van der Waals surface area contributed by atoms with E-state index in [-0.39, 0.29) is 26.3 Å². The molecule has 1 unspecified atom stereocenters. The van der Waals surface area contributed by atoms with E-state index >= 15 is 0 Å². The Morgan fingerprint density at radius 2 is 1.95 bits per heavy atom. The number of nitrogens with zero attached hydrogens (tertiary/aromatic N) is 2. The van der Waals surface area contributed by atoms with Crippen LogP contribution in [0, 0.1) is 19.2 Å². The van der Waals surface area contributed by atoms with Gasteiger partial charge in [-0.15, -0.1) is 5.38 Å². The van der Waals surface area contributed by atoms with Gasteiger partial charge in [0.1, 0.15) is 0 Å². The molecule has 0 bridgehead atoms. The van der Waals surface area contributed by atoms with Crippen LogP contribution >= 0.6 is 11.3 Å². The van der Waals surface area contributed by atoms with Gasteiger partial charge in [-0.3, -0.25) is 0 Å². The minimum Gasteiger partial charge on any atom is -0.303 e. The molecule has 1 radical (unpaired) electrons. The number of hydrogen-bond acceptors (Lipinski definition) is 2. The van der Waals surface area contributed by atoms with Crippen molar-refractivity contribution < 1.29 is 24.7 Å². The second kappa shape index (κ2) is 5.91. The first-order chi connectivity index (χ1) is 8.77. The molecule has 4 heteroatoms. The van der Waals surface area contributed by atoms with Crippen molar-refractivity contribution in [2.45, 2.75) is 20.0 Å². The predicted octanol–water partition coefficient (Wildman–Crippen LogP) is 3.66. The molecular formula is C15H14IrN2S. The Morgan fingerprint density at radius 3 is 2.58 bits per heavy atom. The van der Waals surface area contributed by atoms with Crippen LogP contribution in [0.3, 0.4) is 0 Å². The van der Waals surface area contributed by atoms with Crippen molar-refractivity contribution in [1.82, 2.24) is 0 Å². The van der Waals surface area contributed by atoms with E-state index in [1.54, 1.807) is 11.3 Å². The summed E-state index contributed by atoms with van der Waals surface area (Å²) >= 11 is 1.59. The molecular weight excluding hydrogens is 432 g/mol. The van der Waals surface area contributed by atoms with E-state index < -0.39 is 0 Å². The van der Waals surface area contributed by atoms with E-state index in [9.17, 15) is 0 Å². The molecule has 1 aromatic heterocycles. The number of para-hydroxylation sites is 1.